The van der Waals surface area contributed by atoms with Gasteiger partial charge in [0.2, 0.25) is 0 Å². The van der Waals surface area contributed by atoms with Gasteiger partial charge in [0.05, 0.1) is 19.0 Å². The van der Waals surface area contributed by atoms with Crippen molar-refractivity contribution in [3.05, 3.63) is 54.9 Å². The SMILES string of the molecule is COc1ccc(-c2ccncc2N)c2ccccc12. The van der Waals surface area contributed by atoms with Crippen LogP contribution in [-0.2, 0) is 0 Å². The van der Waals surface area contributed by atoms with E-state index in [1.165, 1.54) is 0 Å². The fourth-order valence-corrected chi connectivity index (χ4v) is 2.34. The van der Waals surface area contributed by atoms with Gasteiger partial charge in [-0.3, -0.25) is 4.98 Å². The molecule has 0 radical (unpaired) electrons. The summed E-state index contributed by atoms with van der Waals surface area (Å²) in [7, 11) is 1.68. The lowest BCUT2D eigenvalue weighted by Crippen LogP contribution is -1.92. The number of fused-ring (bicyclic) bond motifs is 1. The Hall–Kier alpha value is -2.55. The molecule has 0 amide bonds. The summed E-state index contributed by atoms with van der Waals surface area (Å²) >= 11 is 0. The van der Waals surface area contributed by atoms with Crippen LogP contribution in [0.3, 0.4) is 0 Å². The smallest absolute Gasteiger partial charge is 0.126 e. The molecule has 2 N–H and O–H groups in total. The van der Waals surface area contributed by atoms with Crippen LogP contribution in [0.2, 0.25) is 0 Å². The highest BCUT2D eigenvalue weighted by molar-refractivity contribution is 6.01. The Bertz CT molecular complexity index is 738. The fourth-order valence-electron chi connectivity index (χ4n) is 2.34. The summed E-state index contributed by atoms with van der Waals surface area (Å²) in [5.41, 5.74) is 8.79. The molecule has 3 rings (SSSR count). The van der Waals surface area contributed by atoms with Crippen LogP contribution in [0.15, 0.2) is 54.9 Å². The van der Waals surface area contributed by atoms with Crippen molar-refractivity contribution in [2.75, 3.05) is 12.8 Å². The van der Waals surface area contributed by atoms with Crippen molar-refractivity contribution in [3.8, 4) is 16.9 Å². The zero-order valence-electron chi connectivity index (χ0n) is 10.6. The van der Waals surface area contributed by atoms with Crippen molar-refractivity contribution in [1.29, 1.82) is 0 Å². The first-order valence-electron chi connectivity index (χ1n) is 6.07. The van der Waals surface area contributed by atoms with E-state index in [0.717, 1.165) is 27.6 Å². The van der Waals surface area contributed by atoms with Gasteiger partial charge in [0.15, 0.2) is 0 Å². The third-order valence-corrected chi connectivity index (χ3v) is 3.25. The number of ether oxygens (including phenoxy) is 1. The zero-order valence-corrected chi connectivity index (χ0v) is 10.6. The minimum atomic E-state index is 0.679. The number of rotatable bonds is 2. The van der Waals surface area contributed by atoms with E-state index in [4.69, 9.17) is 10.5 Å². The molecule has 2 aromatic carbocycles. The molecule has 3 nitrogen and oxygen atoms in total. The van der Waals surface area contributed by atoms with Crippen LogP contribution in [0.5, 0.6) is 5.75 Å². The van der Waals surface area contributed by atoms with Gasteiger partial charge in [0, 0.05) is 17.1 Å². The second-order valence-electron chi connectivity index (χ2n) is 4.32. The van der Waals surface area contributed by atoms with Crippen LogP contribution in [0.1, 0.15) is 0 Å². The van der Waals surface area contributed by atoms with Crippen LogP contribution in [-0.4, -0.2) is 12.1 Å². The predicted molar refractivity (Wildman–Crippen MR) is 78.1 cm³/mol. The van der Waals surface area contributed by atoms with Crippen molar-refractivity contribution in [2.24, 2.45) is 0 Å². The van der Waals surface area contributed by atoms with Gasteiger partial charge < -0.3 is 10.5 Å². The minimum absolute atomic E-state index is 0.679. The van der Waals surface area contributed by atoms with Gasteiger partial charge in [-0.15, -0.1) is 0 Å². The van der Waals surface area contributed by atoms with E-state index in [1.807, 2.05) is 30.3 Å². The predicted octanol–water partition coefficient (Wildman–Crippen LogP) is 3.49. The number of pyridine rings is 1. The minimum Gasteiger partial charge on any atom is -0.496 e. The maximum Gasteiger partial charge on any atom is 0.126 e. The summed E-state index contributed by atoms with van der Waals surface area (Å²) < 4.78 is 5.40. The van der Waals surface area contributed by atoms with Gasteiger partial charge in [-0.05, 0) is 29.1 Å². The van der Waals surface area contributed by atoms with Crippen LogP contribution < -0.4 is 10.5 Å². The number of anilines is 1. The number of nitrogens with two attached hydrogens (primary N) is 1. The average molecular weight is 250 g/mol. The highest BCUT2D eigenvalue weighted by Gasteiger charge is 2.09. The Morgan fingerprint density at radius 2 is 1.74 bits per heavy atom. The summed E-state index contributed by atoms with van der Waals surface area (Å²) in [4.78, 5) is 4.03. The van der Waals surface area contributed by atoms with Gasteiger partial charge in [0.1, 0.15) is 5.75 Å². The van der Waals surface area contributed by atoms with Crippen LogP contribution in [0, 0.1) is 0 Å². The summed E-state index contributed by atoms with van der Waals surface area (Å²) in [5.74, 6) is 0.868. The third-order valence-electron chi connectivity index (χ3n) is 3.25. The van der Waals surface area contributed by atoms with Crippen molar-refractivity contribution >= 4 is 16.5 Å². The first kappa shape index (κ1) is 11.5. The van der Waals surface area contributed by atoms with Gasteiger partial charge >= 0.3 is 0 Å². The lowest BCUT2D eigenvalue weighted by atomic mass is 9.97. The maximum absolute atomic E-state index is 6.02. The number of benzene rings is 2. The van der Waals surface area contributed by atoms with Gasteiger partial charge in [-0.25, -0.2) is 0 Å². The monoisotopic (exact) mass is 250 g/mol. The molecule has 0 saturated heterocycles. The lowest BCUT2D eigenvalue weighted by Gasteiger charge is -2.11. The Kier molecular flexibility index (Phi) is 2.80. The number of hydrogen-bond donors (Lipinski definition) is 1. The largest absolute Gasteiger partial charge is 0.496 e. The van der Waals surface area contributed by atoms with E-state index >= 15 is 0 Å². The molecule has 0 aliphatic carbocycles. The Labute approximate surface area is 111 Å². The summed E-state index contributed by atoms with van der Waals surface area (Å²) in [6.07, 6.45) is 3.43. The topological polar surface area (TPSA) is 48.1 Å². The standard InChI is InChI=1S/C16H14N2O/c1-19-16-7-6-12(11-4-2-3-5-14(11)16)13-8-9-18-10-15(13)17/h2-10H,17H2,1H3. The van der Waals surface area contributed by atoms with Crippen LogP contribution >= 0.6 is 0 Å². The molecule has 0 unspecified atom stereocenters. The summed E-state index contributed by atoms with van der Waals surface area (Å²) in [5, 5.41) is 2.21. The molecule has 0 aliphatic rings. The molecule has 1 aromatic heterocycles. The molecule has 3 heteroatoms. The van der Waals surface area contributed by atoms with E-state index < -0.39 is 0 Å². The molecule has 3 aromatic rings. The van der Waals surface area contributed by atoms with Gasteiger partial charge in [0.25, 0.3) is 0 Å². The lowest BCUT2D eigenvalue weighted by molar-refractivity contribution is 0.420. The quantitative estimate of drug-likeness (QED) is 0.757. The Balaban J connectivity index is 2.35. The highest BCUT2D eigenvalue weighted by atomic mass is 16.5. The van der Waals surface area contributed by atoms with E-state index in [9.17, 15) is 0 Å². The number of nitrogens with zero attached hydrogens (tertiary/aromatic N) is 1. The first-order valence-corrected chi connectivity index (χ1v) is 6.07. The first-order chi connectivity index (χ1) is 9.31. The van der Waals surface area contributed by atoms with Gasteiger partial charge in [-0.2, -0.15) is 0 Å². The van der Waals surface area contributed by atoms with E-state index in [0.29, 0.717) is 5.69 Å². The second-order valence-corrected chi connectivity index (χ2v) is 4.32. The van der Waals surface area contributed by atoms with Crippen molar-refractivity contribution in [1.82, 2.24) is 4.98 Å². The van der Waals surface area contributed by atoms with Crippen molar-refractivity contribution < 1.29 is 4.74 Å². The third kappa shape index (κ3) is 1.89. The molecule has 0 bridgehead atoms. The normalized spacial score (nSPS) is 10.6. The summed E-state index contributed by atoms with van der Waals surface area (Å²) in [6, 6.07) is 14.1. The number of aromatic nitrogens is 1. The highest BCUT2D eigenvalue weighted by Crippen LogP contribution is 2.36. The average Bonchev–Trinajstić information content (AvgIpc) is 2.47. The molecular weight excluding hydrogens is 236 g/mol. The molecule has 0 aliphatic heterocycles. The zero-order chi connectivity index (χ0) is 13.2. The molecule has 94 valence electrons. The van der Waals surface area contributed by atoms with Crippen LogP contribution in [0.25, 0.3) is 21.9 Å². The molecule has 0 fully saturated rings. The molecule has 0 spiro atoms. The van der Waals surface area contributed by atoms with Gasteiger partial charge in [-0.1, -0.05) is 24.3 Å². The molecular formula is C16H14N2O. The van der Waals surface area contributed by atoms with E-state index in [2.05, 4.69) is 17.1 Å². The molecule has 0 saturated carbocycles. The molecule has 19 heavy (non-hydrogen) atoms. The Morgan fingerprint density at radius 3 is 2.47 bits per heavy atom. The number of methoxy groups -OCH3 is 1. The number of nitrogen functional groups attached to an aromatic ring is 1. The number of hydrogen-bond acceptors (Lipinski definition) is 3. The second kappa shape index (κ2) is 4.61. The maximum atomic E-state index is 6.02. The van der Waals surface area contributed by atoms with Crippen molar-refractivity contribution in [3.63, 3.8) is 0 Å². The van der Waals surface area contributed by atoms with E-state index in [1.54, 1.807) is 19.5 Å². The molecule has 0 atom stereocenters. The fraction of sp³-hybridized carbons (Fsp3) is 0.0625. The van der Waals surface area contributed by atoms with E-state index in [-0.39, 0.29) is 0 Å². The summed E-state index contributed by atoms with van der Waals surface area (Å²) in [6.45, 7) is 0. The van der Waals surface area contributed by atoms with Crippen LogP contribution in [0.4, 0.5) is 5.69 Å². The Morgan fingerprint density at radius 1 is 0.947 bits per heavy atom. The van der Waals surface area contributed by atoms with Crippen molar-refractivity contribution in [2.45, 2.75) is 0 Å². The molecule has 1 heterocycles.